The number of hydrogen-bond donors (Lipinski definition) is 0. The fourth-order valence-corrected chi connectivity index (χ4v) is 3.33. The number of aromatic nitrogens is 1. The number of alkyl halides is 6. The van der Waals surface area contributed by atoms with Gasteiger partial charge >= 0.3 is 18.3 Å². The van der Waals surface area contributed by atoms with Crippen LogP contribution in [0.3, 0.4) is 0 Å². The molecule has 2 aromatic rings. The average molecular weight is 470 g/mol. The molecule has 0 amide bonds. The van der Waals surface area contributed by atoms with Crippen molar-refractivity contribution in [1.29, 1.82) is 0 Å². The number of aryl methyl sites for hydroxylation is 1. The van der Waals surface area contributed by atoms with E-state index in [0.717, 1.165) is 19.2 Å². The Morgan fingerprint density at radius 3 is 2.42 bits per heavy atom. The quantitative estimate of drug-likeness (QED) is 0.354. The van der Waals surface area contributed by atoms with Gasteiger partial charge in [-0.15, -0.1) is 0 Å². The molecule has 174 valence electrons. The van der Waals surface area contributed by atoms with E-state index in [1.54, 1.807) is 0 Å². The number of halogens is 6. The Bertz CT molecular complexity index is 1190. The third-order valence-corrected chi connectivity index (χ3v) is 4.90. The molecule has 33 heavy (non-hydrogen) atoms. The van der Waals surface area contributed by atoms with Gasteiger partial charge in [0, 0.05) is 5.56 Å². The number of rotatable bonds is 3. The number of ether oxygens (including phenoxy) is 1. The first-order chi connectivity index (χ1) is 15.3. The van der Waals surface area contributed by atoms with E-state index in [0.29, 0.717) is 6.07 Å². The number of carbonyl (C=O) groups is 1. The second kappa shape index (κ2) is 8.42. The first kappa shape index (κ1) is 24.1. The molecule has 1 aromatic heterocycles. The summed E-state index contributed by atoms with van der Waals surface area (Å²) in [6.07, 6.45) is -10.9. The highest BCUT2D eigenvalue weighted by Gasteiger charge is 2.62. The van der Waals surface area contributed by atoms with Crippen molar-refractivity contribution < 1.29 is 40.7 Å². The fraction of sp³-hybridized carbons (Fsp3) is 0.318. The van der Waals surface area contributed by atoms with Crippen LogP contribution in [0.4, 0.5) is 26.3 Å². The van der Waals surface area contributed by atoms with Gasteiger partial charge in [-0.05, 0) is 44.0 Å². The van der Waals surface area contributed by atoms with Crippen LogP contribution in [-0.4, -0.2) is 30.0 Å². The number of oxime groups is 1. The summed E-state index contributed by atoms with van der Waals surface area (Å²) in [4.78, 5) is 20.8. The van der Waals surface area contributed by atoms with Crippen LogP contribution in [0.5, 0.6) is 0 Å². The van der Waals surface area contributed by atoms with Crippen LogP contribution in [0.2, 0.25) is 0 Å². The molecule has 1 aliphatic rings. The molecular formula is C22H16F6N2O3. The highest BCUT2D eigenvalue weighted by molar-refractivity contribution is 6.01. The average Bonchev–Trinajstić information content (AvgIpc) is 3.19. The van der Waals surface area contributed by atoms with E-state index in [1.807, 2.05) is 0 Å². The maximum Gasteiger partial charge on any atom is 0.435 e. The predicted octanol–water partition coefficient (Wildman–Crippen LogP) is 5.15. The lowest BCUT2D eigenvalue weighted by Gasteiger charge is -2.30. The highest BCUT2D eigenvalue weighted by atomic mass is 19.4. The van der Waals surface area contributed by atoms with Gasteiger partial charge in [0.25, 0.3) is 5.60 Å². The van der Waals surface area contributed by atoms with Gasteiger partial charge in [-0.1, -0.05) is 22.7 Å². The molecule has 11 heteroatoms. The van der Waals surface area contributed by atoms with E-state index in [9.17, 15) is 31.1 Å². The van der Waals surface area contributed by atoms with Crippen LogP contribution in [-0.2, 0) is 21.4 Å². The standard InChI is InChI=1S/C22H16F6N2O3/c1-4-5-16-15(19(31)32-3)6-7-17(29-16)18-11-20(33-30-18,22(26,27)28)13-8-12(2)9-14(10-13)21(23,24)25/h6-10H,11H2,1-3H3. The molecule has 1 aromatic carbocycles. The zero-order chi connectivity index (χ0) is 24.6. The van der Waals surface area contributed by atoms with Crippen molar-refractivity contribution in [3.63, 3.8) is 0 Å². The van der Waals surface area contributed by atoms with E-state index in [2.05, 4.69) is 26.7 Å². The third kappa shape index (κ3) is 4.51. The molecule has 0 saturated carbocycles. The molecule has 5 nitrogen and oxygen atoms in total. The number of hydrogen-bond acceptors (Lipinski definition) is 5. The number of carbonyl (C=O) groups excluding carboxylic acids is 1. The van der Waals surface area contributed by atoms with E-state index < -0.39 is 41.5 Å². The van der Waals surface area contributed by atoms with Gasteiger partial charge in [0.1, 0.15) is 11.4 Å². The maximum absolute atomic E-state index is 14.2. The Hall–Kier alpha value is -3.55. The second-order valence-electron chi connectivity index (χ2n) is 7.18. The number of pyridine rings is 1. The van der Waals surface area contributed by atoms with Crippen molar-refractivity contribution in [2.24, 2.45) is 5.16 Å². The van der Waals surface area contributed by atoms with Gasteiger partial charge in [0.2, 0.25) is 0 Å². The summed E-state index contributed by atoms with van der Waals surface area (Å²) in [5.41, 5.74) is -5.54. The fourth-order valence-electron chi connectivity index (χ4n) is 3.33. The van der Waals surface area contributed by atoms with Crippen LogP contribution in [0, 0.1) is 18.8 Å². The lowest BCUT2D eigenvalue weighted by molar-refractivity contribution is -0.276. The summed E-state index contributed by atoms with van der Waals surface area (Å²) in [6.45, 7) is 2.72. The minimum Gasteiger partial charge on any atom is -0.465 e. The molecule has 0 radical (unpaired) electrons. The van der Waals surface area contributed by atoms with Crippen molar-refractivity contribution in [3.8, 4) is 11.8 Å². The lowest BCUT2D eigenvalue weighted by atomic mass is 9.85. The van der Waals surface area contributed by atoms with Gasteiger partial charge in [0.15, 0.2) is 0 Å². The summed E-state index contributed by atoms with van der Waals surface area (Å²) in [5.74, 6) is 4.35. The zero-order valence-electron chi connectivity index (χ0n) is 17.5. The van der Waals surface area contributed by atoms with Gasteiger partial charge in [0.05, 0.1) is 30.4 Å². The second-order valence-corrected chi connectivity index (χ2v) is 7.18. The molecule has 1 unspecified atom stereocenters. The molecule has 0 N–H and O–H groups in total. The maximum atomic E-state index is 14.2. The predicted molar refractivity (Wildman–Crippen MR) is 104 cm³/mol. The number of benzene rings is 1. The third-order valence-electron chi connectivity index (χ3n) is 4.90. The van der Waals surface area contributed by atoms with Gasteiger partial charge in [-0.2, -0.15) is 26.3 Å². The van der Waals surface area contributed by atoms with Gasteiger partial charge in [-0.25, -0.2) is 9.78 Å². The topological polar surface area (TPSA) is 60.8 Å². The zero-order valence-corrected chi connectivity index (χ0v) is 17.5. The molecule has 2 heterocycles. The molecule has 0 saturated heterocycles. The summed E-state index contributed by atoms with van der Waals surface area (Å²) in [6, 6.07) is 4.62. The van der Waals surface area contributed by atoms with Crippen molar-refractivity contribution in [1.82, 2.24) is 4.98 Å². The van der Waals surface area contributed by atoms with Crippen molar-refractivity contribution in [2.75, 3.05) is 7.11 Å². The van der Waals surface area contributed by atoms with E-state index in [-0.39, 0.29) is 28.2 Å². The van der Waals surface area contributed by atoms with E-state index in [4.69, 9.17) is 4.84 Å². The number of nitrogens with zero attached hydrogens (tertiary/aromatic N) is 2. The summed E-state index contributed by atoms with van der Waals surface area (Å²) >= 11 is 0. The van der Waals surface area contributed by atoms with Gasteiger partial charge < -0.3 is 9.57 Å². The Kier molecular flexibility index (Phi) is 6.15. The Morgan fingerprint density at radius 1 is 1.15 bits per heavy atom. The molecule has 1 atom stereocenters. The Balaban J connectivity index is 2.08. The van der Waals surface area contributed by atoms with Crippen molar-refractivity contribution in [3.05, 3.63) is 64.0 Å². The molecule has 3 rings (SSSR count). The Labute approximate surface area is 184 Å². The lowest BCUT2D eigenvalue weighted by Crippen LogP contribution is -2.43. The molecular weight excluding hydrogens is 454 g/mol. The van der Waals surface area contributed by atoms with Gasteiger partial charge in [-0.3, -0.25) is 0 Å². The molecule has 0 bridgehead atoms. The largest absolute Gasteiger partial charge is 0.465 e. The van der Waals surface area contributed by atoms with Crippen molar-refractivity contribution in [2.45, 2.75) is 38.2 Å². The summed E-state index contributed by atoms with van der Waals surface area (Å²) in [7, 11) is 1.14. The molecule has 0 aliphatic carbocycles. The smallest absolute Gasteiger partial charge is 0.435 e. The first-order valence-corrected chi connectivity index (χ1v) is 9.36. The van der Waals surface area contributed by atoms with Crippen LogP contribution >= 0.6 is 0 Å². The number of methoxy groups -OCH3 is 1. The minimum absolute atomic E-state index is 0.00861. The summed E-state index contributed by atoms with van der Waals surface area (Å²) < 4.78 is 86.9. The minimum atomic E-state index is -5.10. The first-order valence-electron chi connectivity index (χ1n) is 9.36. The molecule has 0 spiro atoms. The van der Waals surface area contributed by atoms with Crippen LogP contribution in [0.1, 0.15) is 51.8 Å². The van der Waals surface area contributed by atoms with Crippen LogP contribution in [0.25, 0.3) is 0 Å². The summed E-state index contributed by atoms with van der Waals surface area (Å²) in [5, 5.41) is 3.51. The molecule has 0 fully saturated rings. The Morgan fingerprint density at radius 2 is 1.85 bits per heavy atom. The number of esters is 1. The SMILES string of the molecule is CC#Cc1nc(C2=NOC(c3cc(C)cc(C(F)(F)F)c3)(C(F)(F)F)C2)ccc1C(=O)OC. The van der Waals surface area contributed by atoms with E-state index >= 15 is 0 Å². The molecule has 1 aliphatic heterocycles. The van der Waals surface area contributed by atoms with E-state index in [1.165, 1.54) is 26.0 Å². The normalized spacial score (nSPS) is 18.2. The van der Waals surface area contributed by atoms with Crippen molar-refractivity contribution >= 4 is 11.7 Å². The van der Waals surface area contributed by atoms with Crippen LogP contribution in [0.15, 0.2) is 35.5 Å². The van der Waals surface area contributed by atoms with Crippen LogP contribution < -0.4 is 0 Å². The monoisotopic (exact) mass is 470 g/mol. The highest BCUT2D eigenvalue weighted by Crippen LogP contribution is 2.49.